The third kappa shape index (κ3) is 3.48. The Kier molecular flexibility index (Phi) is 4.87. The van der Waals surface area contributed by atoms with Crippen LogP contribution in [0.5, 0.6) is 5.75 Å². The van der Waals surface area contributed by atoms with Crippen molar-refractivity contribution in [3.8, 4) is 17.0 Å². The smallest absolute Gasteiger partial charge is 0.387 e. The molecule has 0 aliphatic carbocycles. The third-order valence-corrected chi connectivity index (χ3v) is 2.95. The highest BCUT2D eigenvalue weighted by Gasteiger charge is 2.18. The van der Waals surface area contributed by atoms with E-state index >= 15 is 0 Å². The van der Waals surface area contributed by atoms with Crippen LogP contribution in [0.25, 0.3) is 11.3 Å². The molecular formula is C14H9ClF3NO3. The number of pyridine rings is 1. The van der Waals surface area contributed by atoms with E-state index in [0.717, 1.165) is 13.2 Å². The zero-order valence-electron chi connectivity index (χ0n) is 11.1. The summed E-state index contributed by atoms with van der Waals surface area (Å²) < 4.78 is 46.8. The highest BCUT2D eigenvalue weighted by molar-refractivity contribution is 6.33. The Morgan fingerprint density at radius 2 is 1.91 bits per heavy atom. The zero-order valence-corrected chi connectivity index (χ0v) is 11.9. The summed E-state index contributed by atoms with van der Waals surface area (Å²) in [6, 6.07) is 6.06. The summed E-state index contributed by atoms with van der Waals surface area (Å²) in [5.41, 5.74) is -0.136. The molecule has 1 aromatic heterocycles. The fraction of sp³-hybridized carbons (Fsp3) is 0.143. The Bertz CT molecular complexity index is 692. The van der Waals surface area contributed by atoms with Gasteiger partial charge >= 0.3 is 12.6 Å². The first-order valence-electron chi connectivity index (χ1n) is 5.92. The molecule has 0 aliphatic rings. The minimum Gasteiger partial charge on any atom is -0.464 e. The van der Waals surface area contributed by atoms with Gasteiger partial charge in [-0.1, -0.05) is 11.6 Å². The number of ether oxygens (including phenoxy) is 2. The van der Waals surface area contributed by atoms with Gasteiger partial charge in [0.15, 0.2) is 11.5 Å². The summed E-state index contributed by atoms with van der Waals surface area (Å²) in [5.74, 6) is -1.66. The zero-order chi connectivity index (χ0) is 16.3. The van der Waals surface area contributed by atoms with Gasteiger partial charge in [-0.2, -0.15) is 8.78 Å². The number of alkyl halides is 2. The minimum atomic E-state index is -2.96. The number of halogens is 4. The Labute approximate surface area is 128 Å². The van der Waals surface area contributed by atoms with Crippen LogP contribution in [0.15, 0.2) is 30.3 Å². The molecule has 0 atom stereocenters. The largest absolute Gasteiger partial charge is 0.464 e. The monoisotopic (exact) mass is 331 g/mol. The molecule has 0 saturated heterocycles. The number of benzene rings is 1. The van der Waals surface area contributed by atoms with Crippen molar-refractivity contribution in [2.24, 2.45) is 0 Å². The van der Waals surface area contributed by atoms with Crippen LogP contribution in [0.1, 0.15) is 10.5 Å². The highest BCUT2D eigenvalue weighted by atomic mass is 35.5. The van der Waals surface area contributed by atoms with E-state index in [-0.39, 0.29) is 27.7 Å². The van der Waals surface area contributed by atoms with Crippen LogP contribution in [0, 0.1) is 5.82 Å². The lowest BCUT2D eigenvalue weighted by atomic mass is 10.1. The predicted molar refractivity (Wildman–Crippen MR) is 72.6 cm³/mol. The highest BCUT2D eigenvalue weighted by Crippen LogP contribution is 2.27. The van der Waals surface area contributed by atoms with Gasteiger partial charge in [0, 0.05) is 5.56 Å². The summed E-state index contributed by atoms with van der Waals surface area (Å²) in [4.78, 5) is 15.3. The quantitative estimate of drug-likeness (QED) is 0.796. The van der Waals surface area contributed by atoms with Gasteiger partial charge in [0.1, 0.15) is 11.4 Å². The molecule has 0 saturated carbocycles. The van der Waals surface area contributed by atoms with Gasteiger partial charge in [0.2, 0.25) is 0 Å². The number of hydrogen-bond donors (Lipinski definition) is 0. The SMILES string of the molecule is COC(=O)c1nc(-c2ccc(OC(F)F)cc2)c(F)cc1Cl. The first kappa shape index (κ1) is 16.1. The summed E-state index contributed by atoms with van der Waals surface area (Å²) in [6.07, 6.45) is 0. The molecule has 116 valence electrons. The second kappa shape index (κ2) is 6.65. The average molecular weight is 332 g/mol. The fourth-order valence-electron chi connectivity index (χ4n) is 1.70. The number of carbonyl (C=O) groups excluding carboxylic acids is 1. The molecule has 0 fully saturated rings. The predicted octanol–water partition coefficient (Wildman–Crippen LogP) is 3.93. The molecule has 22 heavy (non-hydrogen) atoms. The normalized spacial score (nSPS) is 10.6. The van der Waals surface area contributed by atoms with Crippen LogP contribution in [0.3, 0.4) is 0 Å². The molecule has 0 bridgehead atoms. The van der Waals surface area contributed by atoms with Crippen LogP contribution in [0.4, 0.5) is 13.2 Å². The van der Waals surface area contributed by atoms with Gasteiger partial charge in [-0.15, -0.1) is 0 Å². The molecule has 2 aromatic rings. The molecule has 0 aliphatic heterocycles. The van der Waals surface area contributed by atoms with Crippen molar-refractivity contribution in [2.45, 2.75) is 6.61 Å². The van der Waals surface area contributed by atoms with Gasteiger partial charge in [-0.05, 0) is 30.3 Å². The van der Waals surface area contributed by atoms with E-state index in [2.05, 4.69) is 14.5 Å². The first-order chi connectivity index (χ1) is 10.4. The topological polar surface area (TPSA) is 48.4 Å². The minimum absolute atomic E-state index is 0.0821. The number of esters is 1. The van der Waals surface area contributed by atoms with E-state index < -0.39 is 18.4 Å². The van der Waals surface area contributed by atoms with Crippen LogP contribution >= 0.6 is 11.6 Å². The number of carbonyl (C=O) groups is 1. The summed E-state index contributed by atoms with van der Waals surface area (Å²) in [7, 11) is 1.14. The van der Waals surface area contributed by atoms with Crippen molar-refractivity contribution in [3.05, 3.63) is 46.9 Å². The van der Waals surface area contributed by atoms with Crippen LogP contribution in [-0.2, 0) is 4.74 Å². The molecule has 1 heterocycles. The standard InChI is InChI=1S/C14H9ClF3NO3/c1-21-13(20)12-9(15)6-10(16)11(19-12)7-2-4-8(5-3-7)22-14(17)18/h2-6,14H,1H3. The van der Waals surface area contributed by atoms with Crippen molar-refractivity contribution in [1.29, 1.82) is 0 Å². The Morgan fingerprint density at radius 1 is 1.27 bits per heavy atom. The number of rotatable bonds is 4. The van der Waals surface area contributed by atoms with E-state index in [1.165, 1.54) is 24.3 Å². The molecule has 8 heteroatoms. The van der Waals surface area contributed by atoms with Crippen LogP contribution in [0.2, 0.25) is 5.02 Å². The van der Waals surface area contributed by atoms with Crippen molar-refractivity contribution >= 4 is 17.6 Å². The van der Waals surface area contributed by atoms with Crippen molar-refractivity contribution < 1.29 is 27.4 Å². The molecule has 0 amide bonds. The lowest BCUT2D eigenvalue weighted by Crippen LogP contribution is -2.07. The molecule has 1 aromatic carbocycles. The van der Waals surface area contributed by atoms with E-state index in [1.54, 1.807) is 0 Å². The molecule has 4 nitrogen and oxygen atoms in total. The fourth-order valence-corrected chi connectivity index (χ4v) is 1.92. The molecule has 0 unspecified atom stereocenters. The first-order valence-corrected chi connectivity index (χ1v) is 6.29. The average Bonchev–Trinajstić information content (AvgIpc) is 2.47. The van der Waals surface area contributed by atoms with Crippen LogP contribution in [-0.4, -0.2) is 24.7 Å². The van der Waals surface area contributed by atoms with Gasteiger partial charge in [0.25, 0.3) is 0 Å². The van der Waals surface area contributed by atoms with E-state index in [0.29, 0.717) is 0 Å². The third-order valence-electron chi connectivity index (χ3n) is 2.66. The number of methoxy groups -OCH3 is 1. The number of hydrogen-bond acceptors (Lipinski definition) is 4. The maximum atomic E-state index is 13.9. The number of aromatic nitrogens is 1. The summed E-state index contributed by atoms with van der Waals surface area (Å²) in [5, 5.41) is -0.189. The number of nitrogens with zero attached hydrogens (tertiary/aromatic N) is 1. The molecule has 0 radical (unpaired) electrons. The van der Waals surface area contributed by atoms with Crippen molar-refractivity contribution in [3.63, 3.8) is 0 Å². The Balaban J connectivity index is 2.41. The summed E-state index contributed by atoms with van der Waals surface area (Å²) >= 11 is 5.74. The molecule has 0 N–H and O–H groups in total. The molecule has 2 rings (SSSR count). The van der Waals surface area contributed by atoms with Gasteiger partial charge in [-0.25, -0.2) is 14.2 Å². The maximum absolute atomic E-state index is 13.9. The van der Waals surface area contributed by atoms with Gasteiger partial charge in [-0.3, -0.25) is 0 Å². The lowest BCUT2D eigenvalue weighted by molar-refractivity contribution is -0.0498. The van der Waals surface area contributed by atoms with E-state index in [4.69, 9.17) is 11.6 Å². The molecule has 0 spiro atoms. The van der Waals surface area contributed by atoms with Crippen molar-refractivity contribution in [1.82, 2.24) is 4.98 Å². The summed E-state index contributed by atoms with van der Waals surface area (Å²) in [6.45, 7) is -2.96. The van der Waals surface area contributed by atoms with E-state index in [1.807, 2.05) is 0 Å². The van der Waals surface area contributed by atoms with Crippen LogP contribution < -0.4 is 4.74 Å². The lowest BCUT2D eigenvalue weighted by Gasteiger charge is -2.08. The van der Waals surface area contributed by atoms with Gasteiger partial charge in [0.05, 0.1) is 12.1 Å². The molecular weight excluding hydrogens is 323 g/mol. The Hall–Kier alpha value is -2.28. The Morgan fingerprint density at radius 3 is 2.45 bits per heavy atom. The van der Waals surface area contributed by atoms with Gasteiger partial charge < -0.3 is 9.47 Å². The maximum Gasteiger partial charge on any atom is 0.387 e. The second-order valence-corrected chi connectivity index (χ2v) is 4.45. The van der Waals surface area contributed by atoms with Crippen molar-refractivity contribution in [2.75, 3.05) is 7.11 Å². The second-order valence-electron chi connectivity index (χ2n) is 4.04. The van der Waals surface area contributed by atoms with E-state index in [9.17, 15) is 18.0 Å².